The second kappa shape index (κ2) is 14.0. The molecule has 0 radical (unpaired) electrons. The number of benzene rings is 1. The molecule has 4 N–H and O–H groups in total. The summed E-state index contributed by atoms with van der Waals surface area (Å²) in [5.41, 5.74) is 11.5. The van der Waals surface area contributed by atoms with E-state index in [0.29, 0.717) is 0 Å². The summed E-state index contributed by atoms with van der Waals surface area (Å²) in [7, 11) is 1.00. The van der Waals surface area contributed by atoms with Crippen molar-refractivity contribution in [1.29, 1.82) is 0 Å². The Hall–Kier alpha value is -2.90. The highest BCUT2D eigenvalue weighted by Crippen LogP contribution is 2.33. The predicted octanol–water partition coefficient (Wildman–Crippen LogP) is 4.28. The van der Waals surface area contributed by atoms with E-state index in [2.05, 4.69) is 54.2 Å². The molecule has 7 nitrogen and oxygen atoms in total. The zero-order valence-electron chi connectivity index (χ0n) is 22.8. The zero-order chi connectivity index (χ0) is 26.7. The molecule has 2 unspecified atom stereocenters. The highest BCUT2D eigenvalue weighted by Gasteiger charge is 2.29. The number of fused-ring (bicyclic) bond motifs is 1. The second-order valence-electron chi connectivity index (χ2n) is 10.1. The normalized spacial score (nSPS) is 16.9. The van der Waals surface area contributed by atoms with E-state index < -0.39 is 0 Å². The third-order valence-corrected chi connectivity index (χ3v) is 6.52. The Bertz CT molecular complexity index is 1010. The van der Waals surface area contributed by atoms with Crippen LogP contribution in [0.15, 0.2) is 48.6 Å². The van der Waals surface area contributed by atoms with E-state index in [-0.39, 0.29) is 17.4 Å². The van der Waals surface area contributed by atoms with Crippen LogP contribution in [0.4, 0.5) is 0 Å². The molecule has 0 spiro atoms. The summed E-state index contributed by atoms with van der Waals surface area (Å²) < 4.78 is 6.29. The summed E-state index contributed by atoms with van der Waals surface area (Å²) in [4.78, 5) is 18.5. The van der Waals surface area contributed by atoms with Crippen LogP contribution in [0.5, 0.6) is 5.75 Å². The summed E-state index contributed by atoms with van der Waals surface area (Å²) in [6, 6.07) is 8.59. The average Bonchev–Trinajstić information content (AvgIpc) is 2.99. The molecule has 36 heavy (non-hydrogen) atoms. The number of nitrogens with one attached hydrogen (secondary N) is 1. The van der Waals surface area contributed by atoms with Gasteiger partial charge in [-0.2, -0.15) is 0 Å². The van der Waals surface area contributed by atoms with Crippen LogP contribution >= 0.6 is 0 Å². The number of aldehydes is 1. The van der Waals surface area contributed by atoms with Gasteiger partial charge in [0, 0.05) is 69.1 Å². The number of hydrogen-bond acceptors (Lipinski definition) is 7. The number of pyridine rings is 1. The third-order valence-electron chi connectivity index (χ3n) is 6.52. The maximum absolute atomic E-state index is 11.7. The van der Waals surface area contributed by atoms with Crippen LogP contribution in [0, 0.1) is 12.8 Å². The first-order valence-corrected chi connectivity index (χ1v) is 12.7. The fourth-order valence-electron chi connectivity index (χ4n) is 4.70. The van der Waals surface area contributed by atoms with Gasteiger partial charge in [0.2, 0.25) is 0 Å². The molecular weight excluding hydrogens is 452 g/mol. The number of aliphatic hydroxyl groups is 1. The van der Waals surface area contributed by atoms with Crippen molar-refractivity contribution < 1.29 is 14.6 Å². The highest BCUT2D eigenvalue weighted by molar-refractivity contribution is 5.55. The summed E-state index contributed by atoms with van der Waals surface area (Å²) in [6.45, 7) is 13.7. The van der Waals surface area contributed by atoms with Gasteiger partial charge in [0.05, 0.1) is 0 Å². The van der Waals surface area contributed by atoms with Gasteiger partial charge in [-0.15, -0.1) is 0 Å². The molecule has 0 saturated heterocycles. The Balaban J connectivity index is 0.00000222. The molecule has 1 aromatic carbocycles. The van der Waals surface area contributed by atoms with E-state index in [0.717, 1.165) is 69.4 Å². The quantitative estimate of drug-likeness (QED) is 0.422. The molecule has 1 aliphatic heterocycles. The van der Waals surface area contributed by atoms with Gasteiger partial charge < -0.3 is 25.7 Å². The predicted molar refractivity (Wildman–Crippen MR) is 146 cm³/mol. The minimum Gasteiger partial charge on any atom is -0.486 e. The lowest BCUT2D eigenvalue weighted by molar-refractivity contribution is -0.111. The molecule has 1 aliphatic rings. The molecule has 3 rings (SSSR count). The van der Waals surface area contributed by atoms with Crippen molar-refractivity contribution in [3.05, 3.63) is 70.8 Å². The van der Waals surface area contributed by atoms with E-state index in [9.17, 15) is 4.79 Å². The molecule has 2 heterocycles. The van der Waals surface area contributed by atoms with Gasteiger partial charge in [-0.3, -0.25) is 9.88 Å². The van der Waals surface area contributed by atoms with E-state index in [4.69, 9.17) is 15.6 Å². The van der Waals surface area contributed by atoms with Crippen LogP contribution in [0.2, 0.25) is 0 Å². The Morgan fingerprint density at radius 1 is 1.33 bits per heavy atom. The van der Waals surface area contributed by atoms with Crippen LogP contribution in [-0.2, 0) is 17.9 Å². The summed E-state index contributed by atoms with van der Waals surface area (Å²) in [5, 5.41) is 10.2. The van der Waals surface area contributed by atoms with Crippen molar-refractivity contribution in [2.75, 3.05) is 20.2 Å². The standard InChI is InChI=1S/C28H40N4O2.CH4O/c1-6-30-15-25(29)9-10-26(21(3)18-33)22-8-7-20(2)23(13-22)16-32-17-24-14-31-12-11-27(24)34-28(4,5)19-32;1-2/h7-8,11-15,18,21,26,30H,6,9-10,16-17,19,29H2,1-5H3;2H,1H3/b25-15-;. The first kappa shape index (κ1) is 29.3. The molecule has 2 aromatic rings. The Labute approximate surface area is 216 Å². The number of ether oxygens (including phenoxy) is 1. The topological polar surface area (TPSA) is 101 Å². The lowest BCUT2D eigenvalue weighted by atomic mass is 9.83. The van der Waals surface area contributed by atoms with Crippen molar-refractivity contribution >= 4 is 6.29 Å². The number of nitrogens with zero attached hydrogens (tertiary/aromatic N) is 2. The van der Waals surface area contributed by atoms with Crippen molar-refractivity contribution in [3.63, 3.8) is 0 Å². The van der Waals surface area contributed by atoms with Crippen molar-refractivity contribution in [2.24, 2.45) is 11.7 Å². The van der Waals surface area contributed by atoms with Crippen LogP contribution in [0.25, 0.3) is 0 Å². The fraction of sp³-hybridized carbons (Fsp3) is 0.517. The second-order valence-corrected chi connectivity index (χ2v) is 10.1. The minimum absolute atomic E-state index is 0.0778. The van der Waals surface area contributed by atoms with Crippen LogP contribution in [0.3, 0.4) is 0 Å². The van der Waals surface area contributed by atoms with Crippen molar-refractivity contribution in [1.82, 2.24) is 15.2 Å². The molecule has 0 amide bonds. The number of aromatic nitrogens is 1. The molecule has 2 atom stereocenters. The summed E-state index contributed by atoms with van der Waals surface area (Å²) in [5.74, 6) is 0.960. The first-order valence-electron chi connectivity index (χ1n) is 12.7. The number of allylic oxidation sites excluding steroid dienone is 1. The highest BCUT2D eigenvalue weighted by atomic mass is 16.5. The average molecular weight is 497 g/mol. The SMILES string of the molecule is CCN/C=C(\N)CCC(c1ccc(C)c(CN2Cc3cnccc3OC(C)(C)C2)c1)C(C)C=O.CO. The van der Waals surface area contributed by atoms with Gasteiger partial charge in [-0.05, 0) is 69.2 Å². The van der Waals surface area contributed by atoms with Gasteiger partial charge in [0.25, 0.3) is 0 Å². The van der Waals surface area contributed by atoms with Crippen LogP contribution < -0.4 is 15.8 Å². The zero-order valence-corrected chi connectivity index (χ0v) is 22.8. The lowest BCUT2D eigenvalue weighted by Gasteiger charge is -2.30. The van der Waals surface area contributed by atoms with E-state index in [1.54, 1.807) is 6.20 Å². The Kier molecular flexibility index (Phi) is 11.4. The van der Waals surface area contributed by atoms with Gasteiger partial charge in [0.15, 0.2) is 0 Å². The Morgan fingerprint density at radius 2 is 2.08 bits per heavy atom. The maximum atomic E-state index is 11.7. The van der Waals surface area contributed by atoms with E-state index in [1.165, 1.54) is 16.7 Å². The maximum Gasteiger partial charge on any atom is 0.127 e. The molecule has 0 fully saturated rings. The number of aryl methyl sites for hydroxylation is 1. The molecule has 0 aliphatic carbocycles. The number of carbonyl (C=O) groups excluding carboxylic acids is 1. The monoisotopic (exact) mass is 496 g/mol. The van der Waals surface area contributed by atoms with Crippen LogP contribution in [0.1, 0.15) is 68.7 Å². The molecule has 0 bridgehead atoms. The molecule has 1 aromatic heterocycles. The summed E-state index contributed by atoms with van der Waals surface area (Å²) >= 11 is 0. The summed E-state index contributed by atoms with van der Waals surface area (Å²) in [6.07, 6.45) is 8.21. The van der Waals surface area contributed by atoms with Gasteiger partial charge >= 0.3 is 0 Å². The first-order chi connectivity index (χ1) is 17.2. The smallest absolute Gasteiger partial charge is 0.127 e. The number of hydrogen-bond donors (Lipinski definition) is 3. The van der Waals surface area contributed by atoms with Crippen molar-refractivity contribution in [2.45, 2.75) is 72.1 Å². The molecule has 198 valence electrons. The van der Waals surface area contributed by atoms with E-state index in [1.807, 2.05) is 32.3 Å². The van der Waals surface area contributed by atoms with Gasteiger partial charge in [-0.1, -0.05) is 25.1 Å². The molecular formula is C29H44N4O3. The molecule has 7 heteroatoms. The third kappa shape index (κ3) is 8.35. The molecule has 0 saturated carbocycles. The minimum atomic E-state index is -0.303. The lowest BCUT2D eigenvalue weighted by Crippen LogP contribution is -2.40. The van der Waals surface area contributed by atoms with Crippen molar-refractivity contribution in [3.8, 4) is 5.75 Å². The number of carbonyl (C=O) groups is 1. The van der Waals surface area contributed by atoms with Gasteiger partial charge in [0.1, 0.15) is 17.6 Å². The van der Waals surface area contributed by atoms with Crippen LogP contribution in [-0.4, -0.2) is 47.1 Å². The number of nitrogens with two attached hydrogens (primary N) is 1. The number of rotatable bonds is 10. The Morgan fingerprint density at radius 3 is 2.78 bits per heavy atom. The van der Waals surface area contributed by atoms with E-state index >= 15 is 0 Å². The number of aliphatic hydroxyl groups excluding tert-OH is 1. The van der Waals surface area contributed by atoms with Gasteiger partial charge in [-0.25, -0.2) is 0 Å². The largest absolute Gasteiger partial charge is 0.486 e. The fourth-order valence-corrected chi connectivity index (χ4v) is 4.70.